The molecule has 0 bridgehead atoms. The van der Waals surface area contributed by atoms with Crippen molar-refractivity contribution in [1.82, 2.24) is 9.78 Å². The molecule has 4 nitrogen and oxygen atoms in total. The second-order valence-electron chi connectivity index (χ2n) is 2.10. The van der Waals surface area contributed by atoms with E-state index >= 15 is 0 Å². The first-order chi connectivity index (χ1) is 4.61. The second kappa shape index (κ2) is 4.37. The fraction of sp³-hybridized carbons (Fsp3) is 0.333. The molecule has 1 aromatic rings. The van der Waals surface area contributed by atoms with Gasteiger partial charge in [0.05, 0.1) is 5.69 Å². The number of carbonyl (C=O) groups is 1. The van der Waals surface area contributed by atoms with Crippen LogP contribution in [0.2, 0.25) is 0 Å². The van der Waals surface area contributed by atoms with Gasteiger partial charge in [-0.25, -0.2) is 4.68 Å². The Balaban J connectivity index is 0.000001000. The van der Waals surface area contributed by atoms with Gasteiger partial charge in [-0.2, -0.15) is 5.10 Å². The van der Waals surface area contributed by atoms with Gasteiger partial charge in [0.15, 0.2) is 6.09 Å². The number of carboxylic acid groups (broad SMARTS) is 1. The molecule has 0 amide bonds. The Bertz CT molecular complexity index is 270. The number of aromatic nitrogens is 2. The first-order valence-corrected chi connectivity index (χ1v) is 2.86. The molecule has 1 rings (SSSR count). The Morgan fingerprint density at radius 2 is 2.18 bits per heavy atom. The van der Waals surface area contributed by atoms with Crippen LogP contribution in [0.15, 0.2) is 6.07 Å². The van der Waals surface area contributed by atoms with E-state index in [1.807, 2.05) is 0 Å². The van der Waals surface area contributed by atoms with Crippen LogP contribution in [-0.4, -0.2) is 15.9 Å². The van der Waals surface area contributed by atoms with E-state index in [0.29, 0.717) is 11.4 Å². The van der Waals surface area contributed by atoms with Crippen LogP contribution in [0.1, 0.15) is 11.4 Å². The summed E-state index contributed by atoms with van der Waals surface area (Å²) in [6.07, 6.45) is -1.29. The van der Waals surface area contributed by atoms with E-state index < -0.39 is 6.09 Å². The molecular formula is C6H7KN2O2. The van der Waals surface area contributed by atoms with Crippen molar-refractivity contribution in [2.45, 2.75) is 13.8 Å². The Morgan fingerprint density at radius 3 is 2.36 bits per heavy atom. The van der Waals surface area contributed by atoms with Crippen molar-refractivity contribution in [2.75, 3.05) is 0 Å². The average Bonchev–Trinajstić information content (AvgIpc) is 2.10. The summed E-state index contributed by atoms with van der Waals surface area (Å²) < 4.78 is 0.843. The molecule has 11 heavy (non-hydrogen) atoms. The molecule has 1 heterocycles. The van der Waals surface area contributed by atoms with Crippen LogP contribution in [-0.2, 0) is 0 Å². The molecule has 0 aliphatic rings. The van der Waals surface area contributed by atoms with Gasteiger partial charge in [0.2, 0.25) is 0 Å². The number of nitrogens with zero attached hydrogens (tertiary/aromatic N) is 2. The van der Waals surface area contributed by atoms with Crippen molar-refractivity contribution in [3.05, 3.63) is 17.5 Å². The summed E-state index contributed by atoms with van der Waals surface area (Å²) in [5.41, 5.74) is 1.26. The smallest absolute Gasteiger partial charge is 0.528 e. The summed E-state index contributed by atoms with van der Waals surface area (Å²) in [6.45, 7) is 3.39. The van der Waals surface area contributed by atoms with Gasteiger partial charge in [0.1, 0.15) is 0 Å². The Kier molecular flexibility index (Phi) is 4.49. The third-order valence-electron chi connectivity index (χ3n) is 1.18. The van der Waals surface area contributed by atoms with Crippen LogP contribution in [0.3, 0.4) is 0 Å². The first-order valence-electron chi connectivity index (χ1n) is 2.86. The van der Waals surface area contributed by atoms with Gasteiger partial charge >= 0.3 is 51.4 Å². The molecular weight excluding hydrogens is 171 g/mol. The molecule has 0 saturated carbocycles. The van der Waals surface area contributed by atoms with Crippen LogP contribution >= 0.6 is 0 Å². The third kappa shape index (κ3) is 2.68. The van der Waals surface area contributed by atoms with Crippen molar-refractivity contribution in [3.63, 3.8) is 0 Å². The second-order valence-corrected chi connectivity index (χ2v) is 2.10. The molecule has 1 aromatic heterocycles. The summed E-state index contributed by atoms with van der Waals surface area (Å²) in [6, 6.07) is 1.68. The van der Waals surface area contributed by atoms with Crippen LogP contribution in [0.4, 0.5) is 4.79 Å². The molecule has 0 unspecified atom stereocenters. The van der Waals surface area contributed by atoms with Crippen molar-refractivity contribution >= 4 is 6.09 Å². The van der Waals surface area contributed by atoms with Gasteiger partial charge in [0, 0.05) is 5.69 Å². The molecule has 0 saturated heterocycles. The minimum Gasteiger partial charge on any atom is -0.528 e. The third-order valence-corrected chi connectivity index (χ3v) is 1.18. The number of aryl methyl sites for hydroxylation is 2. The van der Waals surface area contributed by atoms with Gasteiger partial charge in [-0.15, -0.1) is 0 Å². The fourth-order valence-corrected chi connectivity index (χ4v) is 0.814. The zero-order valence-corrected chi connectivity index (χ0v) is 9.91. The van der Waals surface area contributed by atoms with Gasteiger partial charge in [-0.3, -0.25) is 0 Å². The van der Waals surface area contributed by atoms with Crippen LogP contribution in [0.5, 0.6) is 0 Å². The molecule has 0 N–H and O–H groups in total. The molecule has 0 aliphatic carbocycles. The molecule has 5 heteroatoms. The minimum atomic E-state index is -1.29. The van der Waals surface area contributed by atoms with E-state index in [9.17, 15) is 9.90 Å². The summed E-state index contributed by atoms with van der Waals surface area (Å²) >= 11 is 0. The molecule has 0 aliphatic heterocycles. The molecule has 0 spiro atoms. The maximum atomic E-state index is 10.2. The molecule has 0 atom stereocenters. The number of hydrogen-bond donors (Lipinski definition) is 0. The van der Waals surface area contributed by atoms with Crippen molar-refractivity contribution in [3.8, 4) is 0 Å². The summed E-state index contributed by atoms with van der Waals surface area (Å²) in [5, 5.41) is 13.9. The van der Waals surface area contributed by atoms with E-state index in [0.717, 1.165) is 4.68 Å². The standard InChI is InChI=1S/C6H8N2O2.K/c1-4-3-5(2)8(7-4)6(9)10;/h3H,1-2H3,(H,9,10);/q;+1/p-1. The summed E-state index contributed by atoms with van der Waals surface area (Å²) in [4.78, 5) is 10.2. The Labute approximate surface area is 107 Å². The molecule has 54 valence electrons. The van der Waals surface area contributed by atoms with E-state index in [4.69, 9.17) is 0 Å². The van der Waals surface area contributed by atoms with Crippen molar-refractivity contribution < 1.29 is 61.3 Å². The quantitative estimate of drug-likeness (QED) is 0.391. The monoisotopic (exact) mass is 178 g/mol. The Hall–Kier alpha value is 0.316. The molecule has 0 radical (unpaired) electrons. The van der Waals surface area contributed by atoms with Gasteiger partial charge in [0.25, 0.3) is 0 Å². The van der Waals surface area contributed by atoms with Gasteiger partial charge < -0.3 is 9.90 Å². The van der Waals surface area contributed by atoms with Crippen LogP contribution in [0, 0.1) is 13.8 Å². The normalized spacial score (nSPS) is 8.91. The number of carbonyl (C=O) groups excluding carboxylic acids is 1. The van der Waals surface area contributed by atoms with Gasteiger partial charge in [-0.05, 0) is 19.9 Å². The van der Waals surface area contributed by atoms with Crippen LogP contribution in [0.25, 0.3) is 0 Å². The summed E-state index contributed by atoms with van der Waals surface area (Å²) in [5.74, 6) is 0. The predicted molar refractivity (Wildman–Crippen MR) is 32.5 cm³/mol. The van der Waals surface area contributed by atoms with Crippen LogP contribution < -0.4 is 56.5 Å². The molecule has 0 aromatic carbocycles. The van der Waals surface area contributed by atoms with Crippen molar-refractivity contribution in [2.24, 2.45) is 0 Å². The maximum Gasteiger partial charge on any atom is 1.00 e. The Morgan fingerprint density at radius 1 is 1.64 bits per heavy atom. The van der Waals surface area contributed by atoms with E-state index in [1.165, 1.54) is 0 Å². The molecule has 0 fully saturated rings. The predicted octanol–water partition coefficient (Wildman–Crippen LogP) is -3.30. The van der Waals surface area contributed by atoms with Crippen molar-refractivity contribution in [1.29, 1.82) is 0 Å². The fourth-order valence-electron chi connectivity index (χ4n) is 0.814. The zero-order chi connectivity index (χ0) is 7.72. The maximum absolute atomic E-state index is 10.2. The average molecular weight is 178 g/mol. The SMILES string of the molecule is Cc1cc(C)n(C(=O)[O-])n1.[K+]. The topological polar surface area (TPSA) is 58.0 Å². The first kappa shape index (κ1) is 11.3. The number of hydrogen-bond acceptors (Lipinski definition) is 3. The minimum absolute atomic E-state index is 0. The summed E-state index contributed by atoms with van der Waals surface area (Å²) in [7, 11) is 0. The zero-order valence-electron chi connectivity index (χ0n) is 6.79. The number of rotatable bonds is 0. The van der Waals surface area contributed by atoms with E-state index in [-0.39, 0.29) is 51.4 Å². The van der Waals surface area contributed by atoms with E-state index in [2.05, 4.69) is 5.10 Å². The largest absolute Gasteiger partial charge is 1.00 e. The van der Waals surface area contributed by atoms with Gasteiger partial charge in [-0.1, -0.05) is 0 Å². The van der Waals surface area contributed by atoms with E-state index in [1.54, 1.807) is 19.9 Å².